The van der Waals surface area contributed by atoms with Crippen molar-refractivity contribution < 1.29 is 0 Å². The van der Waals surface area contributed by atoms with Crippen LogP contribution in [0, 0.1) is 0 Å². The Hall–Kier alpha value is -2.60. The number of hydrogen-bond donors (Lipinski definition) is 2. The zero-order valence-electron chi connectivity index (χ0n) is 17.4. The summed E-state index contributed by atoms with van der Waals surface area (Å²) in [4.78, 5) is 13.8. The summed E-state index contributed by atoms with van der Waals surface area (Å²) in [7, 11) is 2.18. The molecule has 0 atom stereocenters. The zero-order chi connectivity index (χ0) is 19.9. The van der Waals surface area contributed by atoms with Crippen LogP contribution in [0.3, 0.4) is 0 Å². The Morgan fingerprint density at radius 3 is 2.59 bits per heavy atom. The molecule has 1 aliphatic carbocycles. The van der Waals surface area contributed by atoms with Crippen molar-refractivity contribution in [3.8, 4) is 0 Å². The van der Waals surface area contributed by atoms with Crippen LogP contribution in [0.1, 0.15) is 32.1 Å². The third-order valence-electron chi connectivity index (χ3n) is 5.78. The van der Waals surface area contributed by atoms with Gasteiger partial charge in [-0.05, 0) is 69.5 Å². The van der Waals surface area contributed by atoms with Crippen LogP contribution in [0.4, 0.5) is 23.1 Å². The van der Waals surface area contributed by atoms with Crippen molar-refractivity contribution in [1.29, 1.82) is 0 Å². The van der Waals surface area contributed by atoms with E-state index in [2.05, 4.69) is 67.8 Å². The van der Waals surface area contributed by atoms with Gasteiger partial charge in [0.2, 0.25) is 5.95 Å². The average Bonchev–Trinajstić information content (AvgIpc) is 2.76. The van der Waals surface area contributed by atoms with Crippen LogP contribution in [0.25, 0.3) is 0 Å². The minimum atomic E-state index is 0.624. The summed E-state index contributed by atoms with van der Waals surface area (Å²) >= 11 is 0. The number of allylic oxidation sites excluding steroid dienone is 1. The van der Waals surface area contributed by atoms with E-state index in [1.165, 1.54) is 31.4 Å². The Balaban J connectivity index is 1.30. The molecule has 2 heterocycles. The van der Waals surface area contributed by atoms with Crippen molar-refractivity contribution in [3.05, 3.63) is 48.2 Å². The molecule has 6 nitrogen and oxygen atoms in total. The van der Waals surface area contributed by atoms with Gasteiger partial charge in [0.1, 0.15) is 5.82 Å². The van der Waals surface area contributed by atoms with E-state index in [1.807, 2.05) is 6.07 Å². The standard InChI is InChI=1S/C23H32N6/c1-28-15-17-29(18-16-28)21-9-7-20(8-10-21)26-23-25-14-12-22(27-23)24-13-11-19-5-3-2-4-6-19/h5,7-10,12,14H,2-4,6,11,13,15-18H2,1H3,(H2,24,25,26,27). The average molecular weight is 393 g/mol. The predicted molar refractivity (Wildman–Crippen MR) is 121 cm³/mol. The second kappa shape index (κ2) is 9.74. The smallest absolute Gasteiger partial charge is 0.229 e. The van der Waals surface area contributed by atoms with Crippen molar-refractivity contribution in [2.75, 3.05) is 55.3 Å². The quantitative estimate of drug-likeness (QED) is 0.686. The molecule has 0 radical (unpaired) electrons. The summed E-state index contributed by atoms with van der Waals surface area (Å²) in [6.45, 7) is 5.31. The molecule has 1 aromatic carbocycles. The third-order valence-corrected chi connectivity index (χ3v) is 5.78. The fraction of sp³-hybridized carbons (Fsp3) is 0.478. The Bertz CT molecular complexity index is 808. The van der Waals surface area contributed by atoms with Crippen LogP contribution in [0.2, 0.25) is 0 Å². The summed E-state index contributed by atoms with van der Waals surface area (Å²) < 4.78 is 0. The largest absolute Gasteiger partial charge is 0.370 e. The number of benzene rings is 1. The highest BCUT2D eigenvalue weighted by Crippen LogP contribution is 2.22. The van der Waals surface area contributed by atoms with Gasteiger partial charge >= 0.3 is 0 Å². The molecule has 1 fully saturated rings. The van der Waals surface area contributed by atoms with Crippen molar-refractivity contribution in [3.63, 3.8) is 0 Å². The van der Waals surface area contributed by atoms with Crippen LogP contribution in [-0.2, 0) is 0 Å². The van der Waals surface area contributed by atoms with Crippen molar-refractivity contribution in [1.82, 2.24) is 14.9 Å². The molecule has 1 saturated heterocycles. The van der Waals surface area contributed by atoms with Crippen LogP contribution in [0.5, 0.6) is 0 Å². The molecule has 29 heavy (non-hydrogen) atoms. The lowest BCUT2D eigenvalue weighted by Crippen LogP contribution is -2.44. The number of hydrogen-bond acceptors (Lipinski definition) is 6. The van der Waals surface area contributed by atoms with Gasteiger partial charge in [-0.3, -0.25) is 0 Å². The summed E-state index contributed by atoms with van der Waals surface area (Å²) in [6, 6.07) is 10.5. The maximum absolute atomic E-state index is 4.60. The van der Waals surface area contributed by atoms with E-state index in [1.54, 1.807) is 11.8 Å². The number of likely N-dealkylation sites (N-methyl/N-ethyl adjacent to an activating group) is 1. The first kappa shape index (κ1) is 19.7. The SMILES string of the molecule is CN1CCN(c2ccc(Nc3nccc(NCCC4=CCCCC4)n3)cc2)CC1. The molecule has 2 aromatic rings. The van der Waals surface area contributed by atoms with Gasteiger partial charge < -0.3 is 20.4 Å². The summed E-state index contributed by atoms with van der Waals surface area (Å²) in [5.74, 6) is 1.49. The minimum absolute atomic E-state index is 0.624. The lowest BCUT2D eigenvalue weighted by Gasteiger charge is -2.34. The number of piperazine rings is 1. The van der Waals surface area contributed by atoms with E-state index < -0.39 is 0 Å². The maximum atomic E-state index is 4.60. The van der Waals surface area contributed by atoms with E-state index in [0.717, 1.165) is 50.6 Å². The highest BCUT2D eigenvalue weighted by Gasteiger charge is 2.14. The minimum Gasteiger partial charge on any atom is -0.370 e. The van der Waals surface area contributed by atoms with Crippen molar-refractivity contribution >= 4 is 23.1 Å². The first-order valence-electron chi connectivity index (χ1n) is 10.8. The molecular formula is C23H32N6. The molecule has 0 bridgehead atoms. The normalized spacial score (nSPS) is 17.7. The summed E-state index contributed by atoms with van der Waals surface area (Å²) in [5, 5.41) is 6.75. The van der Waals surface area contributed by atoms with E-state index >= 15 is 0 Å². The molecular weight excluding hydrogens is 360 g/mol. The molecule has 0 spiro atoms. The monoisotopic (exact) mass is 392 g/mol. The van der Waals surface area contributed by atoms with Crippen LogP contribution < -0.4 is 15.5 Å². The highest BCUT2D eigenvalue weighted by atomic mass is 15.2. The summed E-state index contributed by atoms with van der Waals surface area (Å²) in [6.07, 6.45) is 10.5. The topological polar surface area (TPSA) is 56.3 Å². The van der Waals surface area contributed by atoms with E-state index in [-0.39, 0.29) is 0 Å². The number of nitrogens with zero attached hydrogens (tertiary/aromatic N) is 4. The van der Waals surface area contributed by atoms with E-state index in [9.17, 15) is 0 Å². The summed E-state index contributed by atoms with van der Waals surface area (Å²) in [5.41, 5.74) is 3.86. The van der Waals surface area contributed by atoms with Crippen LogP contribution in [-0.4, -0.2) is 54.6 Å². The predicted octanol–water partition coefficient (Wildman–Crippen LogP) is 4.27. The number of nitrogens with one attached hydrogen (secondary N) is 2. The molecule has 154 valence electrons. The first-order chi connectivity index (χ1) is 14.3. The van der Waals surface area contributed by atoms with Crippen molar-refractivity contribution in [2.24, 2.45) is 0 Å². The van der Waals surface area contributed by atoms with Gasteiger partial charge in [0.25, 0.3) is 0 Å². The van der Waals surface area contributed by atoms with Gasteiger partial charge in [0.05, 0.1) is 0 Å². The van der Waals surface area contributed by atoms with Gasteiger partial charge in [0, 0.05) is 50.3 Å². The number of anilines is 4. The van der Waals surface area contributed by atoms with Gasteiger partial charge in [-0.15, -0.1) is 0 Å². The van der Waals surface area contributed by atoms with Crippen LogP contribution >= 0.6 is 0 Å². The lowest BCUT2D eigenvalue weighted by atomic mass is 9.97. The molecule has 2 aliphatic rings. The second-order valence-electron chi connectivity index (χ2n) is 8.01. The fourth-order valence-electron chi connectivity index (χ4n) is 3.95. The fourth-order valence-corrected chi connectivity index (χ4v) is 3.95. The molecule has 6 heteroatoms. The lowest BCUT2D eigenvalue weighted by molar-refractivity contribution is 0.313. The number of aromatic nitrogens is 2. The molecule has 0 amide bonds. The Morgan fingerprint density at radius 1 is 1.00 bits per heavy atom. The molecule has 2 N–H and O–H groups in total. The van der Waals surface area contributed by atoms with E-state index in [4.69, 9.17) is 0 Å². The Morgan fingerprint density at radius 2 is 1.83 bits per heavy atom. The highest BCUT2D eigenvalue weighted by molar-refractivity contribution is 5.60. The Labute approximate surface area is 174 Å². The van der Waals surface area contributed by atoms with Gasteiger partial charge in [-0.25, -0.2) is 4.98 Å². The number of rotatable bonds is 7. The first-order valence-corrected chi connectivity index (χ1v) is 10.8. The molecule has 4 rings (SSSR count). The van der Waals surface area contributed by atoms with Crippen LogP contribution in [0.15, 0.2) is 48.2 Å². The third kappa shape index (κ3) is 5.70. The van der Waals surface area contributed by atoms with Gasteiger partial charge in [-0.1, -0.05) is 11.6 Å². The maximum Gasteiger partial charge on any atom is 0.229 e. The molecule has 0 unspecified atom stereocenters. The van der Waals surface area contributed by atoms with Gasteiger partial charge in [-0.2, -0.15) is 4.98 Å². The molecule has 0 saturated carbocycles. The zero-order valence-corrected chi connectivity index (χ0v) is 17.4. The van der Waals surface area contributed by atoms with Crippen molar-refractivity contribution in [2.45, 2.75) is 32.1 Å². The van der Waals surface area contributed by atoms with Gasteiger partial charge in [0.15, 0.2) is 0 Å². The second-order valence-corrected chi connectivity index (χ2v) is 8.01. The van der Waals surface area contributed by atoms with E-state index in [0.29, 0.717) is 5.95 Å². The Kier molecular flexibility index (Phi) is 6.62. The molecule has 1 aliphatic heterocycles. The molecule has 1 aromatic heterocycles.